The summed E-state index contributed by atoms with van der Waals surface area (Å²) >= 11 is 0. The van der Waals surface area contributed by atoms with Gasteiger partial charge in [-0.1, -0.05) is 12.5 Å². The van der Waals surface area contributed by atoms with Crippen molar-refractivity contribution in [3.63, 3.8) is 0 Å². The van der Waals surface area contributed by atoms with Crippen LogP contribution in [-0.4, -0.2) is 25.3 Å². The fourth-order valence-electron chi connectivity index (χ4n) is 4.05. The molecule has 0 saturated heterocycles. The minimum Gasteiger partial charge on any atom is -0.378 e. The average Bonchev–Trinajstić information content (AvgIpc) is 2.37. The molecule has 0 aromatic heterocycles. The average molecular weight is 291 g/mol. The Kier molecular flexibility index (Phi) is 4.32. The van der Waals surface area contributed by atoms with E-state index in [1.807, 2.05) is 13.0 Å². The van der Waals surface area contributed by atoms with E-state index < -0.39 is 0 Å². The molecular formula is C18H26FNO. The van der Waals surface area contributed by atoms with Crippen LogP contribution in [0.15, 0.2) is 18.2 Å². The third-order valence-electron chi connectivity index (χ3n) is 5.53. The van der Waals surface area contributed by atoms with E-state index in [2.05, 4.69) is 12.2 Å². The van der Waals surface area contributed by atoms with Crippen molar-refractivity contribution < 1.29 is 9.13 Å². The zero-order valence-corrected chi connectivity index (χ0v) is 13.1. The summed E-state index contributed by atoms with van der Waals surface area (Å²) in [4.78, 5) is 0. The van der Waals surface area contributed by atoms with Crippen LogP contribution in [0.2, 0.25) is 0 Å². The van der Waals surface area contributed by atoms with Crippen LogP contribution in [0, 0.1) is 18.2 Å². The minimum atomic E-state index is -0.142. The Morgan fingerprint density at radius 1 is 1.38 bits per heavy atom. The maximum Gasteiger partial charge on any atom is 0.123 e. The van der Waals surface area contributed by atoms with Gasteiger partial charge in [-0.25, -0.2) is 4.39 Å². The second kappa shape index (κ2) is 6.05. The molecule has 2 aliphatic carbocycles. The summed E-state index contributed by atoms with van der Waals surface area (Å²) in [7, 11) is 0. The molecule has 2 nitrogen and oxygen atoms in total. The van der Waals surface area contributed by atoms with Gasteiger partial charge in [0.2, 0.25) is 0 Å². The van der Waals surface area contributed by atoms with Crippen molar-refractivity contribution in [3.05, 3.63) is 35.1 Å². The summed E-state index contributed by atoms with van der Waals surface area (Å²) in [5.41, 5.74) is 2.72. The van der Waals surface area contributed by atoms with Gasteiger partial charge in [0.1, 0.15) is 5.82 Å². The normalized spacial score (nSPS) is 26.4. The third-order valence-corrected chi connectivity index (χ3v) is 5.53. The number of ether oxygens (including phenoxy) is 1. The summed E-state index contributed by atoms with van der Waals surface area (Å²) in [5.74, 6) is -0.142. The van der Waals surface area contributed by atoms with Gasteiger partial charge in [-0.3, -0.25) is 0 Å². The summed E-state index contributed by atoms with van der Waals surface area (Å²) in [6, 6.07) is 5.71. The van der Waals surface area contributed by atoms with E-state index in [0.717, 1.165) is 31.6 Å². The summed E-state index contributed by atoms with van der Waals surface area (Å²) < 4.78 is 19.0. The van der Waals surface area contributed by atoms with Gasteiger partial charge in [0, 0.05) is 18.1 Å². The quantitative estimate of drug-likeness (QED) is 0.864. The van der Waals surface area contributed by atoms with Crippen LogP contribution in [0.3, 0.4) is 0 Å². The second-order valence-corrected chi connectivity index (χ2v) is 6.59. The lowest BCUT2D eigenvalue weighted by molar-refractivity contribution is -0.172. The Morgan fingerprint density at radius 2 is 2.19 bits per heavy atom. The van der Waals surface area contributed by atoms with E-state index in [1.165, 1.54) is 24.8 Å². The van der Waals surface area contributed by atoms with Crippen molar-refractivity contribution in [1.82, 2.24) is 5.32 Å². The second-order valence-electron chi connectivity index (χ2n) is 6.59. The molecule has 2 aliphatic rings. The maximum atomic E-state index is 13.1. The molecule has 116 valence electrons. The molecule has 21 heavy (non-hydrogen) atoms. The van der Waals surface area contributed by atoms with Crippen LogP contribution < -0.4 is 5.32 Å². The Balaban J connectivity index is 1.50. The molecule has 0 amide bonds. The van der Waals surface area contributed by atoms with Crippen LogP contribution in [0.5, 0.6) is 0 Å². The van der Waals surface area contributed by atoms with Crippen molar-refractivity contribution in [2.24, 2.45) is 5.41 Å². The molecule has 1 aromatic rings. The van der Waals surface area contributed by atoms with E-state index in [1.54, 1.807) is 12.1 Å². The molecule has 0 heterocycles. The smallest absolute Gasteiger partial charge is 0.123 e. The number of hydrogen-bond donors (Lipinski definition) is 1. The third kappa shape index (κ3) is 2.74. The van der Waals surface area contributed by atoms with Gasteiger partial charge in [-0.2, -0.15) is 0 Å². The van der Waals surface area contributed by atoms with Crippen molar-refractivity contribution in [2.45, 2.75) is 58.1 Å². The summed E-state index contributed by atoms with van der Waals surface area (Å²) in [5, 5.41) is 3.72. The molecule has 3 heteroatoms. The van der Waals surface area contributed by atoms with E-state index in [-0.39, 0.29) is 5.82 Å². The lowest BCUT2D eigenvalue weighted by Crippen LogP contribution is -2.67. The molecule has 2 saturated carbocycles. The number of aryl methyl sites for hydroxylation is 1. The van der Waals surface area contributed by atoms with Gasteiger partial charge in [0.05, 0.1) is 6.10 Å². The predicted molar refractivity (Wildman–Crippen MR) is 82.9 cm³/mol. The van der Waals surface area contributed by atoms with E-state index >= 15 is 0 Å². The fraction of sp³-hybridized carbons (Fsp3) is 0.667. The number of rotatable bonds is 6. The standard InChI is InChI=1S/C18H26FNO/c1-3-21-17-12-16(18(17)8-4-9-18)20-10-7-14-5-6-15(19)11-13(14)2/h5-6,11,16-17,20H,3-4,7-10,12H2,1-2H3. The molecule has 3 rings (SSSR count). The van der Waals surface area contributed by atoms with Crippen molar-refractivity contribution >= 4 is 0 Å². The summed E-state index contributed by atoms with van der Waals surface area (Å²) in [6.07, 6.45) is 6.56. The zero-order chi connectivity index (χ0) is 14.9. The molecule has 0 aliphatic heterocycles. The number of hydrogen-bond acceptors (Lipinski definition) is 2. The SMILES string of the molecule is CCOC1CC(NCCc2ccc(F)cc2C)C12CCC2. The number of benzene rings is 1. The first-order valence-corrected chi connectivity index (χ1v) is 8.26. The van der Waals surface area contributed by atoms with Crippen molar-refractivity contribution in [3.8, 4) is 0 Å². The molecule has 2 atom stereocenters. The highest BCUT2D eigenvalue weighted by molar-refractivity contribution is 5.26. The van der Waals surface area contributed by atoms with Crippen LogP contribution >= 0.6 is 0 Å². The first-order valence-electron chi connectivity index (χ1n) is 8.26. The molecule has 1 N–H and O–H groups in total. The first kappa shape index (κ1) is 15.0. The van der Waals surface area contributed by atoms with Gasteiger partial charge in [-0.05, 0) is 69.3 Å². The molecule has 1 spiro atoms. The fourth-order valence-corrected chi connectivity index (χ4v) is 4.05. The predicted octanol–water partition coefficient (Wildman–Crippen LogP) is 3.61. The molecule has 1 aromatic carbocycles. The van der Waals surface area contributed by atoms with Crippen molar-refractivity contribution in [2.75, 3.05) is 13.2 Å². The molecule has 2 unspecified atom stereocenters. The van der Waals surface area contributed by atoms with Crippen LogP contribution in [0.1, 0.15) is 43.7 Å². The Bertz CT molecular complexity index is 498. The van der Waals surface area contributed by atoms with Gasteiger partial charge < -0.3 is 10.1 Å². The Hall–Kier alpha value is -0.930. The Labute approximate surface area is 127 Å². The number of halogens is 1. The van der Waals surface area contributed by atoms with Gasteiger partial charge in [0.25, 0.3) is 0 Å². The van der Waals surface area contributed by atoms with Crippen LogP contribution in [-0.2, 0) is 11.2 Å². The monoisotopic (exact) mass is 291 g/mol. The molecule has 0 bridgehead atoms. The van der Waals surface area contributed by atoms with Gasteiger partial charge >= 0.3 is 0 Å². The highest BCUT2D eigenvalue weighted by atomic mass is 19.1. The minimum absolute atomic E-state index is 0.142. The molecule has 0 radical (unpaired) electrons. The lowest BCUT2D eigenvalue weighted by Gasteiger charge is -2.61. The van der Waals surface area contributed by atoms with Crippen LogP contribution in [0.25, 0.3) is 0 Å². The lowest BCUT2D eigenvalue weighted by atomic mass is 9.51. The topological polar surface area (TPSA) is 21.3 Å². The van der Waals surface area contributed by atoms with Gasteiger partial charge in [0.15, 0.2) is 0 Å². The van der Waals surface area contributed by atoms with E-state index in [4.69, 9.17) is 4.74 Å². The Morgan fingerprint density at radius 3 is 2.81 bits per heavy atom. The largest absolute Gasteiger partial charge is 0.378 e. The summed E-state index contributed by atoms with van der Waals surface area (Å²) in [6.45, 7) is 5.87. The maximum absolute atomic E-state index is 13.1. The highest BCUT2D eigenvalue weighted by Crippen LogP contribution is 2.57. The van der Waals surface area contributed by atoms with E-state index in [9.17, 15) is 4.39 Å². The van der Waals surface area contributed by atoms with Gasteiger partial charge in [-0.15, -0.1) is 0 Å². The highest BCUT2D eigenvalue weighted by Gasteiger charge is 2.58. The van der Waals surface area contributed by atoms with Crippen molar-refractivity contribution in [1.29, 1.82) is 0 Å². The first-order chi connectivity index (χ1) is 10.2. The molecule has 2 fully saturated rings. The molecular weight excluding hydrogens is 265 g/mol. The zero-order valence-electron chi connectivity index (χ0n) is 13.1. The van der Waals surface area contributed by atoms with Crippen LogP contribution in [0.4, 0.5) is 4.39 Å². The number of nitrogens with one attached hydrogen (secondary N) is 1. The van der Waals surface area contributed by atoms with E-state index in [0.29, 0.717) is 17.6 Å².